The van der Waals surface area contributed by atoms with E-state index in [0.717, 1.165) is 31.7 Å². The van der Waals surface area contributed by atoms with Crippen LogP contribution in [0.2, 0.25) is 0 Å². The van der Waals surface area contributed by atoms with Gasteiger partial charge in [0.25, 0.3) is 0 Å². The molecule has 124 valence electrons. The molecular formula is C14H20ClFN2O3S. The number of halogens is 2. The van der Waals surface area contributed by atoms with Crippen LogP contribution in [-0.2, 0) is 10.0 Å². The number of fused-ring (bicyclic) bond motifs is 2. The van der Waals surface area contributed by atoms with Gasteiger partial charge >= 0.3 is 0 Å². The molecule has 2 atom stereocenters. The van der Waals surface area contributed by atoms with Crippen molar-refractivity contribution in [3.05, 3.63) is 24.0 Å². The molecule has 0 aromatic heterocycles. The van der Waals surface area contributed by atoms with Crippen molar-refractivity contribution in [2.24, 2.45) is 0 Å². The normalized spacial score (nSPS) is 27.3. The summed E-state index contributed by atoms with van der Waals surface area (Å²) in [6.45, 7) is 0. The van der Waals surface area contributed by atoms with Crippen molar-refractivity contribution in [3.8, 4) is 5.75 Å². The molecule has 0 spiro atoms. The number of methoxy groups -OCH3 is 1. The highest BCUT2D eigenvalue weighted by atomic mass is 35.5. The van der Waals surface area contributed by atoms with Crippen LogP contribution in [0.25, 0.3) is 0 Å². The van der Waals surface area contributed by atoms with Gasteiger partial charge < -0.3 is 10.1 Å². The number of hydrogen-bond donors (Lipinski definition) is 2. The minimum absolute atomic E-state index is 0. The van der Waals surface area contributed by atoms with E-state index >= 15 is 0 Å². The number of benzene rings is 1. The topological polar surface area (TPSA) is 67.4 Å². The molecule has 2 fully saturated rings. The lowest BCUT2D eigenvalue weighted by atomic mass is 10.0. The molecule has 0 amide bonds. The lowest BCUT2D eigenvalue weighted by Gasteiger charge is -2.29. The second-order valence-corrected chi connectivity index (χ2v) is 7.44. The second kappa shape index (κ2) is 6.70. The Kier molecular flexibility index (Phi) is 5.32. The molecular weight excluding hydrogens is 331 g/mol. The maximum absolute atomic E-state index is 13.7. The van der Waals surface area contributed by atoms with E-state index in [1.165, 1.54) is 19.2 Å². The van der Waals surface area contributed by atoms with Crippen LogP contribution in [0.3, 0.4) is 0 Å². The molecule has 1 aromatic rings. The van der Waals surface area contributed by atoms with Gasteiger partial charge in [0.2, 0.25) is 10.0 Å². The maximum atomic E-state index is 13.7. The SMILES string of the molecule is COc1ccc(S(=O)(=O)NC2CC3CCC(C2)N3)cc1F.Cl. The zero-order chi connectivity index (χ0) is 15.0. The summed E-state index contributed by atoms with van der Waals surface area (Å²) in [6.07, 6.45) is 3.77. The number of nitrogens with one attached hydrogen (secondary N) is 2. The first-order valence-electron chi connectivity index (χ1n) is 7.10. The molecule has 3 rings (SSSR count). The monoisotopic (exact) mass is 350 g/mol. The molecule has 22 heavy (non-hydrogen) atoms. The first-order valence-corrected chi connectivity index (χ1v) is 8.58. The predicted molar refractivity (Wildman–Crippen MR) is 83.5 cm³/mol. The summed E-state index contributed by atoms with van der Waals surface area (Å²) < 4.78 is 45.9. The van der Waals surface area contributed by atoms with Crippen molar-refractivity contribution in [1.82, 2.24) is 10.0 Å². The molecule has 2 saturated heterocycles. The predicted octanol–water partition coefficient (Wildman–Crippen LogP) is 1.82. The Balaban J connectivity index is 0.00000176. The zero-order valence-corrected chi connectivity index (χ0v) is 13.8. The van der Waals surface area contributed by atoms with Crippen molar-refractivity contribution in [1.29, 1.82) is 0 Å². The summed E-state index contributed by atoms with van der Waals surface area (Å²) in [6, 6.07) is 4.39. The van der Waals surface area contributed by atoms with E-state index < -0.39 is 15.8 Å². The van der Waals surface area contributed by atoms with Crippen molar-refractivity contribution in [2.45, 2.75) is 48.7 Å². The quantitative estimate of drug-likeness (QED) is 0.869. The second-order valence-electron chi connectivity index (χ2n) is 5.72. The minimum Gasteiger partial charge on any atom is -0.494 e. The van der Waals surface area contributed by atoms with Crippen LogP contribution in [-0.4, -0.2) is 33.7 Å². The van der Waals surface area contributed by atoms with Gasteiger partial charge in [-0.2, -0.15) is 0 Å². The van der Waals surface area contributed by atoms with Crippen LogP contribution in [0, 0.1) is 5.82 Å². The third kappa shape index (κ3) is 3.53. The van der Waals surface area contributed by atoms with E-state index in [9.17, 15) is 12.8 Å². The average molecular weight is 351 g/mol. The number of ether oxygens (including phenoxy) is 1. The summed E-state index contributed by atoms with van der Waals surface area (Å²) in [7, 11) is -2.36. The summed E-state index contributed by atoms with van der Waals surface area (Å²) in [5, 5.41) is 3.46. The van der Waals surface area contributed by atoms with E-state index in [2.05, 4.69) is 10.0 Å². The van der Waals surface area contributed by atoms with Gasteiger partial charge in [0.1, 0.15) is 0 Å². The number of hydrogen-bond acceptors (Lipinski definition) is 4. The summed E-state index contributed by atoms with van der Waals surface area (Å²) >= 11 is 0. The highest BCUT2D eigenvalue weighted by Crippen LogP contribution is 2.28. The molecule has 1 aromatic carbocycles. The Bertz CT molecular complexity index is 629. The fraction of sp³-hybridized carbons (Fsp3) is 0.571. The third-order valence-corrected chi connectivity index (χ3v) is 5.75. The molecule has 2 bridgehead atoms. The van der Waals surface area contributed by atoms with E-state index in [-0.39, 0.29) is 29.1 Å². The van der Waals surface area contributed by atoms with Gasteiger partial charge in [-0.15, -0.1) is 12.4 Å². The van der Waals surface area contributed by atoms with Crippen LogP contribution < -0.4 is 14.8 Å². The molecule has 0 saturated carbocycles. The van der Waals surface area contributed by atoms with Gasteiger partial charge in [0, 0.05) is 18.1 Å². The molecule has 5 nitrogen and oxygen atoms in total. The zero-order valence-electron chi connectivity index (χ0n) is 12.2. The molecule has 8 heteroatoms. The summed E-state index contributed by atoms with van der Waals surface area (Å²) in [4.78, 5) is -0.0633. The van der Waals surface area contributed by atoms with Gasteiger partial charge in [-0.05, 0) is 43.9 Å². The number of piperidine rings is 1. The van der Waals surface area contributed by atoms with E-state index in [1.807, 2.05) is 0 Å². The summed E-state index contributed by atoms with van der Waals surface area (Å²) in [5.41, 5.74) is 0. The largest absolute Gasteiger partial charge is 0.494 e. The van der Waals surface area contributed by atoms with Gasteiger partial charge in [0.15, 0.2) is 11.6 Å². The van der Waals surface area contributed by atoms with Crippen molar-refractivity contribution >= 4 is 22.4 Å². The molecule has 0 aliphatic carbocycles. The number of sulfonamides is 1. The van der Waals surface area contributed by atoms with Crippen LogP contribution in [0.4, 0.5) is 4.39 Å². The Morgan fingerprint density at radius 2 is 1.91 bits per heavy atom. The number of rotatable bonds is 4. The standard InChI is InChI=1S/C14H19FN2O3S.ClH/c1-20-14-5-4-12(8-13(14)15)21(18,19)17-11-6-9-2-3-10(7-11)16-9;/h4-5,8-11,16-17H,2-3,6-7H2,1H3;1H. The first-order chi connectivity index (χ1) is 9.98. The molecule has 2 aliphatic rings. The van der Waals surface area contributed by atoms with E-state index in [0.29, 0.717) is 12.1 Å². The lowest BCUT2D eigenvalue weighted by molar-refractivity contribution is 0.345. The van der Waals surface area contributed by atoms with Crippen LogP contribution in [0.5, 0.6) is 5.75 Å². The van der Waals surface area contributed by atoms with Crippen LogP contribution in [0.15, 0.2) is 23.1 Å². The third-order valence-electron chi connectivity index (χ3n) is 4.23. The average Bonchev–Trinajstić information content (AvgIpc) is 2.77. The molecule has 2 aliphatic heterocycles. The molecule has 2 N–H and O–H groups in total. The van der Waals surface area contributed by atoms with E-state index in [1.54, 1.807) is 0 Å². The highest BCUT2D eigenvalue weighted by molar-refractivity contribution is 7.89. The molecule has 0 radical (unpaired) electrons. The lowest BCUT2D eigenvalue weighted by Crippen LogP contribution is -2.47. The minimum atomic E-state index is -3.70. The summed E-state index contributed by atoms with van der Waals surface area (Å²) in [5.74, 6) is -0.639. The molecule has 2 heterocycles. The van der Waals surface area contributed by atoms with Gasteiger partial charge in [0.05, 0.1) is 12.0 Å². The highest BCUT2D eigenvalue weighted by Gasteiger charge is 2.35. The van der Waals surface area contributed by atoms with Crippen molar-refractivity contribution in [3.63, 3.8) is 0 Å². The Labute approximate surface area is 136 Å². The Hall–Kier alpha value is -0.890. The van der Waals surface area contributed by atoms with Gasteiger partial charge in [-0.25, -0.2) is 17.5 Å². The Morgan fingerprint density at radius 1 is 1.27 bits per heavy atom. The van der Waals surface area contributed by atoms with Crippen molar-refractivity contribution < 1.29 is 17.5 Å². The molecule has 2 unspecified atom stereocenters. The fourth-order valence-electron chi connectivity index (χ4n) is 3.26. The first kappa shape index (κ1) is 17.5. The smallest absolute Gasteiger partial charge is 0.240 e. The van der Waals surface area contributed by atoms with Crippen LogP contribution in [0.1, 0.15) is 25.7 Å². The van der Waals surface area contributed by atoms with Crippen LogP contribution >= 0.6 is 12.4 Å². The Morgan fingerprint density at radius 3 is 2.45 bits per heavy atom. The fourth-order valence-corrected chi connectivity index (χ4v) is 4.53. The van der Waals surface area contributed by atoms with E-state index in [4.69, 9.17) is 4.74 Å². The maximum Gasteiger partial charge on any atom is 0.240 e. The van der Waals surface area contributed by atoms with Crippen molar-refractivity contribution in [2.75, 3.05) is 7.11 Å². The van der Waals surface area contributed by atoms with Gasteiger partial charge in [-0.1, -0.05) is 0 Å². The van der Waals surface area contributed by atoms with Gasteiger partial charge in [-0.3, -0.25) is 0 Å².